The number of aliphatic hydroxyl groups is 2. The number of carbonyl (C=O) groups is 2. The molecule has 2 saturated heterocycles. The number of carbonyl (C=O) groups excluding carboxylic acids is 2. The lowest BCUT2D eigenvalue weighted by molar-refractivity contribution is -0.151. The van der Waals surface area contributed by atoms with Gasteiger partial charge in [-0.25, -0.2) is 4.79 Å². The number of nitrogens with zero attached hydrogens (tertiary/aromatic N) is 3. The van der Waals surface area contributed by atoms with Gasteiger partial charge in [0.25, 0.3) is 0 Å². The fourth-order valence-electron chi connectivity index (χ4n) is 6.17. The Morgan fingerprint density at radius 3 is 2.58 bits per heavy atom. The van der Waals surface area contributed by atoms with Crippen LogP contribution < -0.4 is 0 Å². The van der Waals surface area contributed by atoms with E-state index in [0.29, 0.717) is 19.1 Å². The van der Waals surface area contributed by atoms with Crippen molar-refractivity contribution < 1.29 is 34.0 Å². The van der Waals surface area contributed by atoms with Crippen molar-refractivity contribution in [3.63, 3.8) is 0 Å². The Morgan fingerprint density at radius 2 is 1.89 bits per heavy atom. The number of aliphatic hydroxyl groups excluding tert-OH is 1. The van der Waals surface area contributed by atoms with Crippen molar-refractivity contribution >= 4 is 12.1 Å². The highest BCUT2D eigenvalue weighted by molar-refractivity contribution is 5.70. The van der Waals surface area contributed by atoms with E-state index >= 15 is 0 Å². The molecule has 4 heterocycles. The molecule has 0 spiro atoms. The number of ether oxygens (including phenoxy) is 3. The number of hydrogen-bond acceptors (Lipinski definition) is 9. The first-order chi connectivity index (χ1) is 21.5. The fraction of sp³-hybridized carbons (Fsp3) is 0.629. The maximum atomic E-state index is 13.3. The molecule has 0 bridgehead atoms. The zero-order chi connectivity index (χ0) is 32.4. The minimum Gasteiger partial charge on any atom is -0.457 e. The summed E-state index contributed by atoms with van der Waals surface area (Å²) in [5.74, 6) is -0.707. The highest BCUT2D eigenvalue weighted by atomic mass is 16.6. The van der Waals surface area contributed by atoms with E-state index in [4.69, 9.17) is 14.2 Å². The summed E-state index contributed by atoms with van der Waals surface area (Å²) in [5, 5.41) is 22.1. The highest BCUT2D eigenvalue weighted by Gasteiger charge is 2.37. The summed E-state index contributed by atoms with van der Waals surface area (Å²) in [7, 11) is 0. The third-order valence-corrected chi connectivity index (χ3v) is 9.19. The zero-order valence-electron chi connectivity index (χ0n) is 27.2. The minimum absolute atomic E-state index is 0.101. The molecule has 3 aliphatic rings. The van der Waals surface area contributed by atoms with E-state index in [1.807, 2.05) is 56.4 Å². The molecule has 1 amide bonds. The van der Waals surface area contributed by atoms with Crippen molar-refractivity contribution in [2.45, 2.75) is 95.7 Å². The second kappa shape index (κ2) is 16.5. The second-order valence-electron chi connectivity index (χ2n) is 12.9. The molecule has 0 aromatic carbocycles. The number of rotatable bonds is 6. The first kappa shape index (κ1) is 34.8. The first-order valence-corrected chi connectivity index (χ1v) is 16.3. The number of esters is 1. The Kier molecular flexibility index (Phi) is 12.8. The predicted octanol–water partition coefficient (Wildman–Crippen LogP) is 4.39. The number of cyclic esters (lactones) is 1. The van der Waals surface area contributed by atoms with Gasteiger partial charge in [0.1, 0.15) is 11.7 Å². The SMILES string of the molecule is C/C(=C\C=C\[C@H](C)c1ccccn1)[C@H]1OC(=O)C[C@@H](O)CC[C@](C)(O)[C@@H](OC(=O)N2CCN(C3CCOCC3)CC2)/C=C/[C@@H]1C. The van der Waals surface area contributed by atoms with Crippen molar-refractivity contribution in [2.24, 2.45) is 5.92 Å². The van der Waals surface area contributed by atoms with E-state index < -0.39 is 36.0 Å². The third kappa shape index (κ3) is 10.2. The fourth-order valence-corrected chi connectivity index (χ4v) is 6.17. The molecule has 1 aromatic rings. The van der Waals surface area contributed by atoms with Crippen molar-refractivity contribution in [2.75, 3.05) is 39.4 Å². The van der Waals surface area contributed by atoms with Gasteiger partial charge in [0.15, 0.2) is 6.10 Å². The molecule has 0 aliphatic carbocycles. The average molecular weight is 626 g/mol. The van der Waals surface area contributed by atoms with Crippen LogP contribution in [0.5, 0.6) is 0 Å². The van der Waals surface area contributed by atoms with Crippen molar-refractivity contribution in [1.82, 2.24) is 14.8 Å². The molecule has 2 fully saturated rings. The Labute approximate surface area is 267 Å². The van der Waals surface area contributed by atoms with Gasteiger partial charge in [-0.2, -0.15) is 0 Å². The molecule has 6 atom stereocenters. The molecular weight excluding hydrogens is 574 g/mol. The molecule has 45 heavy (non-hydrogen) atoms. The minimum atomic E-state index is -1.45. The molecular formula is C35H51N3O7. The molecule has 0 saturated carbocycles. The second-order valence-corrected chi connectivity index (χ2v) is 12.9. The average Bonchev–Trinajstić information content (AvgIpc) is 3.04. The number of piperazine rings is 1. The topological polar surface area (TPSA) is 122 Å². The van der Waals surface area contributed by atoms with Gasteiger partial charge in [-0.15, -0.1) is 0 Å². The van der Waals surface area contributed by atoms with Crippen LogP contribution in [0.1, 0.15) is 71.4 Å². The summed E-state index contributed by atoms with van der Waals surface area (Å²) in [6.07, 6.45) is 10.3. The summed E-state index contributed by atoms with van der Waals surface area (Å²) < 4.78 is 17.3. The lowest BCUT2D eigenvalue weighted by Crippen LogP contribution is -2.54. The van der Waals surface area contributed by atoms with E-state index in [-0.39, 0.29) is 31.1 Å². The molecule has 3 aliphatic heterocycles. The smallest absolute Gasteiger partial charge is 0.410 e. The Balaban J connectivity index is 1.46. The van der Waals surface area contributed by atoms with Crippen LogP contribution in [-0.2, 0) is 19.0 Å². The lowest BCUT2D eigenvalue weighted by atomic mass is 9.88. The van der Waals surface area contributed by atoms with E-state index in [0.717, 1.165) is 50.4 Å². The molecule has 0 unspecified atom stereocenters. The van der Waals surface area contributed by atoms with Gasteiger partial charge >= 0.3 is 12.1 Å². The molecule has 1 aromatic heterocycles. The number of aromatic nitrogens is 1. The number of allylic oxidation sites excluding steroid dienone is 3. The summed E-state index contributed by atoms with van der Waals surface area (Å²) in [5.41, 5.74) is 0.320. The van der Waals surface area contributed by atoms with Gasteiger partial charge in [0, 0.05) is 69.2 Å². The highest BCUT2D eigenvalue weighted by Crippen LogP contribution is 2.28. The third-order valence-electron chi connectivity index (χ3n) is 9.19. The normalized spacial score (nSPS) is 31.5. The number of hydrogen-bond donors (Lipinski definition) is 2. The molecule has 248 valence electrons. The Morgan fingerprint density at radius 1 is 1.16 bits per heavy atom. The van der Waals surface area contributed by atoms with Crippen molar-refractivity contribution in [3.8, 4) is 0 Å². The van der Waals surface area contributed by atoms with Crippen LogP contribution in [-0.4, -0.2) is 106 Å². The molecule has 10 nitrogen and oxygen atoms in total. The maximum absolute atomic E-state index is 13.3. The lowest BCUT2D eigenvalue weighted by Gasteiger charge is -2.41. The number of amides is 1. The van der Waals surface area contributed by atoms with E-state index in [9.17, 15) is 19.8 Å². The number of pyridine rings is 1. The Bertz CT molecular complexity index is 1190. The molecule has 10 heteroatoms. The van der Waals surface area contributed by atoms with Crippen LogP contribution in [0.15, 0.2) is 60.3 Å². The van der Waals surface area contributed by atoms with Crippen LogP contribution in [0, 0.1) is 5.92 Å². The van der Waals surface area contributed by atoms with E-state index in [1.165, 1.54) is 0 Å². The summed E-state index contributed by atoms with van der Waals surface area (Å²) in [4.78, 5) is 34.7. The van der Waals surface area contributed by atoms with Crippen LogP contribution in [0.3, 0.4) is 0 Å². The van der Waals surface area contributed by atoms with Crippen LogP contribution in [0.2, 0.25) is 0 Å². The molecule has 4 rings (SSSR count). The van der Waals surface area contributed by atoms with Gasteiger partial charge in [-0.3, -0.25) is 14.7 Å². The summed E-state index contributed by atoms with van der Waals surface area (Å²) >= 11 is 0. The quantitative estimate of drug-likeness (QED) is 0.269. The standard InChI is InChI=1S/C35H51N3O7/c1-25(30-10-5-6-17-36-30)8-7-9-26(2)33-27(3)11-12-31(35(4,42)16-13-29(39)24-32(40)45-33)44-34(41)38-20-18-37(19-21-38)28-14-22-43-23-15-28/h5-12,17,25,27-29,31,33,39,42H,13-16,18-24H2,1-4H3/b8-7+,12-11+,26-9+/t25-,27-,29-,31-,33+,35-/m0/s1. The van der Waals surface area contributed by atoms with Crippen LogP contribution in [0.25, 0.3) is 0 Å². The summed E-state index contributed by atoms with van der Waals surface area (Å²) in [6, 6.07) is 6.30. The van der Waals surface area contributed by atoms with Crippen LogP contribution in [0.4, 0.5) is 4.79 Å². The van der Waals surface area contributed by atoms with Gasteiger partial charge < -0.3 is 29.3 Å². The molecule has 2 N–H and O–H groups in total. The zero-order valence-corrected chi connectivity index (χ0v) is 27.2. The van der Waals surface area contributed by atoms with E-state index in [2.05, 4.69) is 16.8 Å². The Hall–Kier alpha value is -3.05. The van der Waals surface area contributed by atoms with Crippen molar-refractivity contribution in [1.29, 1.82) is 0 Å². The first-order valence-electron chi connectivity index (χ1n) is 16.3. The van der Waals surface area contributed by atoms with E-state index in [1.54, 1.807) is 24.1 Å². The van der Waals surface area contributed by atoms with Gasteiger partial charge in [-0.05, 0) is 63.3 Å². The van der Waals surface area contributed by atoms with Gasteiger partial charge in [0.2, 0.25) is 0 Å². The largest absolute Gasteiger partial charge is 0.457 e. The van der Waals surface area contributed by atoms with Gasteiger partial charge in [-0.1, -0.05) is 44.2 Å². The summed E-state index contributed by atoms with van der Waals surface area (Å²) in [6.45, 7) is 11.7. The van der Waals surface area contributed by atoms with Crippen molar-refractivity contribution in [3.05, 3.63) is 66.0 Å². The maximum Gasteiger partial charge on any atom is 0.410 e. The van der Waals surface area contributed by atoms with Crippen LogP contribution >= 0.6 is 0 Å². The van der Waals surface area contributed by atoms with Gasteiger partial charge in [0.05, 0.1) is 12.5 Å². The predicted molar refractivity (Wildman–Crippen MR) is 171 cm³/mol. The molecule has 0 radical (unpaired) electrons. The monoisotopic (exact) mass is 625 g/mol.